The number of rotatable bonds is 4. The Balaban J connectivity index is 1.63. The zero-order chi connectivity index (χ0) is 31.5. The molecule has 4 aliphatic carbocycles. The summed E-state index contributed by atoms with van der Waals surface area (Å²) < 4.78 is 6.96. The van der Waals surface area contributed by atoms with Crippen molar-refractivity contribution in [3.8, 4) is 5.75 Å². The molecule has 0 aromatic heterocycles. The van der Waals surface area contributed by atoms with Crippen LogP contribution in [0.5, 0.6) is 5.75 Å². The molecule has 0 aliphatic heterocycles. The summed E-state index contributed by atoms with van der Waals surface area (Å²) in [6.07, 6.45) is 3.39. The van der Waals surface area contributed by atoms with Gasteiger partial charge in [0.15, 0.2) is 11.4 Å². The molecule has 0 saturated heterocycles. The number of esters is 1. The highest BCUT2D eigenvalue weighted by molar-refractivity contribution is 9.10. The average Bonchev–Trinajstić information content (AvgIpc) is 2.99. The SMILES string of the molecule is NC(=O)C1=C(O)[C@@]2(O)C(=O)C3=C(O)c4c(O)cccc4/C(=C\c4ccc(Br)cc4)[C@H]3[C@H](OC(=O)C3CCCCC3)[C@H]2CC1=O. The van der Waals surface area contributed by atoms with Crippen LogP contribution in [0.3, 0.4) is 0 Å². The fourth-order valence-electron chi connectivity index (χ4n) is 7.12. The second-order valence-corrected chi connectivity index (χ2v) is 12.7. The fraction of sp³-hybridized carbons (Fsp3) is 0.333. The molecule has 2 aromatic carbocycles. The van der Waals surface area contributed by atoms with Gasteiger partial charge >= 0.3 is 5.97 Å². The largest absolute Gasteiger partial charge is 0.508 e. The van der Waals surface area contributed by atoms with E-state index in [-0.39, 0.29) is 11.3 Å². The van der Waals surface area contributed by atoms with Crippen molar-refractivity contribution < 1.29 is 44.3 Å². The quantitative estimate of drug-likeness (QED) is 0.235. The number of carbonyl (C=O) groups is 4. The van der Waals surface area contributed by atoms with E-state index in [0.717, 1.165) is 23.7 Å². The number of phenolic OH excluding ortho intramolecular Hbond substituents is 1. The third-order valence-corrected chi connectivity index (χ3v) is 9.78. The molecule has 228 valence electrons. The number of Topliss-reactive ketones (excluding diaryl/α,β-unsaturated/α-hetero) is 2. The summed E-state index contributed by atoms with van der Waals surface area (Å²) in [5, 5.41) is 45.6. The lowest BCUT2D eigenvalue weighted by molar-refractivity contribution is -0.178. The van der Waals surface area contributed by atoms with Gasteiger partial charge in [0.25, 0.3) is 5.91 Å². The Morgan fingerprint density at radius 1 is 1.00 bits per heavy atom. The monoisotopic (exact) mass is 663 g/mol. The molecule has 0 unspecified atom stereocenters. The summed E-state index contributed by atoms with van der Waals surface area (Å²) in [4.78, 5) is 53.3. The Morgan fingerprint density at radius 3 is 2.34 bits per heavy atom. The standard InChI is InChI=1S/C33H30BrNO9/c34-17-11-9-15(10-12-17)13-19-18-7-4-8-21(36)23(18)27(38)26-24(19)28(44-32(42)16-5-2-1-3-6-16)20-14-22(37)25(31(35)41)29(39)33(20,43)30(26)40/h4,7-13,16,20,24,28,36,38-39,43H,1-3,5-6,14H2,(H2,35,41)/b19-13+/t20-,24-,28-,33-/m1/s1. The van der Waals surface area contributed by atoms with Gasteiger partial charge in [-0.3, -0.25) is 19.2 Å². The first-order valence-electron chi connectivity index (χ1n) is 14.4. The van der Waals surface area contributed by atoms with Crippen LogP contribution >= 0.6 is 15.9 Å². The number of carbonyl (C=O) groups excluding carboxylic acids is 4. The van der Waals surface area contributed by atoms with Crippen LogP contribution in [0.15, 0.2) is 63.8 Å². The van der Waals surface area contributed by atoms with Gasteiger partial charge in [-0.25, -0.2) is 0 Å². The van der Waals surface area contributed by atoms with Gasteiger partial charge in [0.1, 0.15) is 28.9 Å². The number of benzene rings is 2. The lowest BCUT2D eigenvalue weighted by Crippen LogP contribution is -2.64. The van der Waals surface area contributed by atoms with Gasteiger partial charge in [0.05, 0.1) is 23.0 Å². The Labute approximate surface area is 260 Å². The predicted octanol–water partition coefficient (Wildman–Crippen LogP) is 4.29. The van der Waals surface area contributed by atoms with Crippen molar-refractivity contribution in [2.75, 3.05) is 0 Å². The van der Waals surface area contributed by atoms with Crippen molar-refractivity contribution in [1.82, 2.24) is 0 Å². The lowest BCUT2D eigenvalue weighted by Gasteiger charge is -2.50. The minimum atomic E-state index is -2.93. The maximum atomic E-state index is 14.3. The number of ether oxygens (including phenoxy) is 1. The van der Waals surface area contributed by atoms with Crippen LogP contribution in [0.2, 0.25) is 0 Å². The third kappa shape index (κ3) is 4.57. The van der Waals surface area contributed by atoms with E-state index in [1.54, 1.807) is 42.5 Å². The Kier molecular flexibility index (Phi) is 7.49. The van der Waals surface area contributed by atoms with Crippen molar-refractivity contribution in [2.24, 2.45) is 23.5 Å². The second kappa shape index (κ2) is 11.0. The van der Waals surface area contributed by atoms with Crippen LogP contribution in [-0.2, 0) is 23.9 Å². The van der Waals surface area contributed by atoms with Crippen molar-refractivity contribution in [2.45, 2.75) is 50.2 Å². The molecule has 4 aliphatic rings. The van der Waals surface area contributed by atoms with Crippen molar-refractivity contribution in [3.05, 3.63) is 80.5 Å². The lowest BCUT2D eigenvalue weighted by atomic mass is 9.56. The maximum absolute atomic E-state index is 14.3. The first-order chi connectivity index (χ1) is 20.9. The van der Waals surface area contributed by atoms with Gasteiger partial charge in [-0.1, -0.05) is 65.5 Å². The van der Waals surface area contributed by atoms with Crippen LogP contribution in [0.25, 0.3) is 17.4 Å². The molecule has 0 heterocycles. The number of primary amides is 1. The highest BCUT2D eigenvalue weighted by Gasteiger charge is 2.66. The number of hydrogen-bond acceptors (Lipinski definition) is 9. The van der Waals surface area contributed by atoms with E-state index in [1.165, 1.54) is 6.07 Å². The topological polar surface area (TPSA) is 184 Å². The molecule has 1 amide bonds. The molecule has 2 saturated carbocycles. The minimum absolute atomic E-state index is 0.0969. The summed E-state index contributed by atoms with van der Waals surface area (Å²) in [5.74, 6) is -9.54. The highest BCUT2D eigenvalue weighted by Crippen LogP contribution is 2.56. The summed E-state index contributed by atoms with van der Waals surface area (Å²) in [6.45, 7) is 0. The van der Waals surface area contributed by atoms with Gasteiger partial charge in [-0.2, -0.15) is 0 Å². The molecule has 2 fully saturated rings. The normalized spacial score (nSPS) is 28.0. The van der Waals surface area contributed by atoms with Gasteiger partial charge < -0.3 is 30.9 Å². The Hall–Kier alpha value is -4.22. The van der Waals surface area contributed by atoms with E-state index in [1.807, 2.05) is 0 Å². The van der Waals surface area contributed by atoms with Crippen molar-refractivity contribution in [1.29, 1.82) is 0 Å². The molecule has 0 radical (unpaired) electrons. The number of nitrogens with two attached hydrogens (primary N) is 1. The highest BCUT2D eigenvalue weighted by atomic mass is 79.9. The number of aliphatic hydroxyl groups is 3. The summed E-state index contributed by atoms with van der Waals surface area (Å²) in [6, 6.07) is 11.7. The molecule has 6 N–H and O–H groups in total. The molecular weight excluding hydrogens is 634 g/mol. The molecule has 44 heavy (non-hydrogen) atoms. The number of ketones is 2. The fourth-order valence-corrected chi connectivity index (χ4v) is 7.38. The number of aromatic hydroxyl groups is 1. The molecule has 11 heteroatoms. The molecular formula is C33H30BrNO9. The minimum Gasteiger partial charge on any atom is -0.508 e. The zero-order valence-electron chi connectivity index (χ0n) is 23.5. The molecule has 6 rings (SSSR count). The van der Waals surface area contributed by atoms with E-state index in [4.69, 9.17) is 10.5 Å². The van der Waals surface area contributed by atoms with Crippen LogP contribution in [-0.4, -0.2) is 55.6 Å². The average molecular weight is 665 g/mol. The Morgan fingerprint density at radius 2 is 1.68 bits per heavy atom. The first-order valence-corrected chi connectivity index (χ1v) is 15.2. The smallest absolute Gasteiger partial charge is 0.309 e. The van der Waals surface area contributed by atoms with E-state index in [2.05, 4.69) is 15.9 Å². The van der Waals surface area contributed by atoms with Crippen molar-refractivity contribution >= 4 is 56.8 Å². The van der Waals surface area contributed by atoms with E-state index < -0.39 is 82.0 Å². The van der Waals surface area contributed by atoms with Crippen molar-refractivity contribution in [3.63, 3.8) is 0 Å². The van der Waals surface area contributed by atoms with Crippen LogP contribution in [0, 0.1) is 17.8 Å². The predicted molar refractivity (Wildman–Crippen MR) is 162 cm³/mol. The number of halogens is 1. The molecule has 4 atom stereocenters. The van der Waals surface area contributed by atoms with Crippen LogP contribution in [0.1, 0.15) is 55.2 Å². The number of aliphatic hydroxyl groups excluding tert-OH is 2. The molecule has 0 bridgehead atoms. The number of hydrogen-bond donors (Lipinski definition) is 5. The first kappa shape index (κ1) is 29.8. The second-order valence-electron chi connectivity index (χ2n) is 11.7. The maximum Gasteiger partial charge on any atom is 0.309 e. The number of amides is 1. The van der Waals surface area contributed by atoms with E-state index >= 15 is 0 Å². The van der Waals surface area contributed by atoms with Gasteiger partial charge in [0, 0.05) is 16.8 Å². The van der Waals surface area contributed by atoms with Gasteiger partial charge in [-0.05, 0) is 47.7 Å². The zero-order valence-corrected chi connectivity index (χ0v) is 25.0. The van der Waals surface area contributed by atoms with E-state index in [0.29, 0.717) is 29.5 Å². The number of fused-ring (bicyclic) bond motifs is 3. The molecule has 0 spiro atoms. The molecule has 10 nitrogen and oxygen atoms in total. The van der Waals surface area contributed by atoms with Gasteiger partial charge in [-0.15, -0.1) is 0 Å². The summed E-state index contributed by atoms with van der Waals surface area (Å²) in [5.41, 5.74) is 2.34. The van der Waals surface area contributed by atoms with Crippen LogP contribution < -0.4 is 5.73 Å². The summed E-state index contributed by atoms with van der Waals surface area (Å²) >= 11 is 3.40. The van der Waals surface area contributed by atoms with E-state index in [9.17, 15) is 39.6 Å². The van der Waals surface area contributed by atoms with Gasteiger partial charge in [0.2, 0.25) is 5.78 Å². The third-order valence-electron chi connectivity index (χ3n) is 9.26. The Bertz CT molecular complexity index is 1700. The number of phenols is 1. The van der Waals surface area contributed by atoms with Crippen LogP contribution in [0.4, 0.5) is 0 Å². The summed E-state index contributed by atoms with van der Waals surface area (Å²) in [7, 11) is 0. The molecule has 2 aromatic rings.